The Balaban J connectivity index is 2.19. The molecule has 0 saturated heterocycles. The van der Waals surface area contributed by atoms with Crippen LogP contribution in [0.5, 0.6) is 5.75 Å². The van der Waals surface area contributed by atoms with Gasteiger partial charge in [0.25, 0.3) is 5.91 Å². The summed E-state index contributed by atoms with van der Waals surface area (Å²) >= 11 is 0. The summed E-state index contributed by atoms with van der Waals surface area (Å²) in [5.41, 5.74) is 2.54. The lowest BCUT2D eigenvalue weighted by Gasteiger charge is -2.12. The number of benzene rings is 2. The summed E-state index contributed by atoms with van der Waals surface area (Å²) in [5, 5.41) is 2.88. The van der Waals surface area contributed by atoms with Crippen LogP contribution in [0.2, 0.25) is 0 Å². The minimum absolute atomic E-state index is 0.111. The molecular weight excluding hydrogens is 274 g/mol. The summed E-state index contributed by atoms with van der Waals surface area (Å²) in [5.74, 6) is 0.468. The van der Waals surface area contributed by atoms with Crippen LogP contribution < -0.4 is 10.1 Å². The van der Waals surface area contributed by atoms with Crippen LogP contribution in [0.1, 0.15) is 34.8 Å². The van der Waals surface area contributed by atoms with Gasteiger partial charge in [0, 0.05) is 6.54 Å². The van der Waals surface area contributed by atoms with E-state index in [1.54, 1.807) is 12.1 Å². The van der Waals surface area contributed by atoms with Gasteiger partial charge in [-0.05, 0) is 29.7 Å². The van der Waals surface area contributed by atoms with Crippen molar-refractivity contribution >= 4 is 12.0 Å². The predicted molar refractivity (Wildman–Crippen MR) is 89.9 cm³/mol. The zero-order valence-corrected chi connectivity index (χ0v) is 12.8. The standard InChI is InChI=1S/C19H21NO2/c1-3-12-20-19(21)17-11-10-15(4-2)13-18(17)22-14-16-8-6-5-7-9-16/h4-11,13H,2-3,12,14H2,1H3,(H,20,21). The first-order valence-electron chi connectivity index (χ1n) is 7.46. The number of ether oxygens (including phenoxy) is 1. The quantitative estimate of drug-likeness (QED) is 0.837. The maximum atomic E-state index is 12.2. The molecule has 0 heterocycles. The molecule has 2 rings (SSSR count). The molecule has 0 aliphatic carbocycles. The van der Waals surface area contributed by atoms with Crippen molar-refractivity contribution in [3.05, 3.63) is 71.8 Å². The van der Waals surface area contributed by atoms with Crippen LogP contribution in [0.3, 0.4) is 0 Å². The minimum atomic E-state index is -0.111. The maximum Gasteiger partial charge on any atom is 0.255 e. The summed E-state index contributed by atoms with van der Waals surface area (Å²) in [4.78, 5) is 12.2. The molecule has 2 aromatic rings. The molecule has 1 amide bonds. The zero-order valence-electron chi connectivity index (χ0n) is 12.8. The van der Waals surface area contributed by atoms with Gasteiger partial charge in [-0.2, -0.15) is 0 Å². The highest BCUT2D eigenvalue weighted by Gasteiger charge is 2.12. The van der Waals surface area contributed by atoms with Crippen LogP contribution in [0.25, 0.3) is 6.08 Å². The monoisotopic (exact) mass is 295 g/mol. The summed E-state index contributed by atoms with van der Waals surface area (Å²) < 4.78 is 5.86. The lowest BCUT2D eigenvalue weighted by atomic mass is 10.1. The van der Waals surface area contributed by atoms with E-state index in [1.807, 2.05) is 49.4 Å². The maximum absolute atomic E-state index is 12.2. The topological polar surface area (TPSA) is 38.3 Å². The van der Waals surface area contributed by atoms with Crippen molar-refractivity contribution in [3.63, 3.8) is 0 Å². The third-order valence-corrected chi connectivity index (χ3v) is 3.26. The number of nitrogens with one attached hydrogen (secondary N) is 1. The second-order valence-electron chi connectivity index (χ2n) is 4.99. The highest BCUT2D eigenvalue weighted by Crippen LogP contribution is 2.22. The van der Waals surface area contributed by atoms with Crippen molar-refractivity contribution in [1.29, 1.82) is 0 Å². The van der Waals surface area contributed by atoms with Crippen molar-refractivity contribution in [1.82, 2.24) is 5.32 Å². The molecule has 22 heavy (non-hydrogen) atoms. The summed E-state index contributed by atoms with van der Waals surface area (Å²) in [6, 6.07) is 15.4. The van der Waals surface area contributed by atoms with Crippen LogP contribution in [-0.2, 0) is 6.61 Å². The Kier molecular flexibility index (Phi) is 5.78. The molecule has 3 heteroatoms. The van der Waals surface area contributed by atoms with E-state index < -0.39 is 0 Å². The van der Waals surface area contributed by atoms with Crippen molar-refractivity contribution < 1.29 is 9.53 Å². The van der Waals surface area contributed by atoms with Gasteiger partial charge in [0.15, 0.2) is 0 Å². The number of amides is 1. The Labute approximate surface area is 131 Å². The van der Waals surface area contributed by atoms with E-state index in [0.29, 0.717) is 24.5 Å². The van der Waals surface area contributed by atoms with E-state index in [2.05, 4.69) is 11.9 Å². The van der Waals surface area contributed by atoms with Gasteiger partial charge in [0.2, 0.25) is 0 Å². The predicted octanol–water partition coefficient (Wildman–Crippen LogP) is 4.05. The van der Waals surface area contributed by atoms with E-state index >= 15 is 0 Å². The number of hydrogen-bond acceptors (Lipinski definition) is 2. The second kappa shape index (κ2) is 8.03. The minimum Gasteiger partial charge on any atom is -0.488 e. The van der Waals surface area contributed by atoms with Crippen molar-refractivity contribution in [2.75, 3.05) is 6.54 Å². The van der Waals surface area contributed by atoms with E-state index in [4.69, 9.17) is 4.74 Å². The Morgan fingerprint density at radius 3 is 2.68 bits per heavy atom. The van der Waals surface area contributed by atoms with Gasteiger partial charge in [-0.25, -0.2) is 0 Å². The highest BCUT2D eigenvalue weighted by atomic mass is 16.5. The van der Waals surface area contributed by atoms with Crippen molar-refractivity contribution in [2.45, 2.75) is 20.0 Å². The third kappa shape index (κ3) is 4.22. The smallest absolute Gasteiger partial charge is 0.255 e. The average molecular weight is 295 g/mol. The molecule has 0 aliphatic rings. The fraction of sp³-hybridized carbons (Fsp3) is 0.211. The Morgan fingerprint density at radius 1 is 1.23 bits per heavy atom. The van der Waals surface area contributed by atoms with Gasteiger partial charge >= 0.3 is 0 Å². The SMILES string of the molecule is C=Cc1ccc(C(=O)NCCC)c(OCc2ccccc2)c1. The molecule has 0 atom stereocenters. The molecule has 0 radical (unpaired) electrons. The number of carbonyl (C=O) groups excluding carboxylic acids is 1. The molecule has 0 fully saturated rings. The molecule has 2 aromatic carbocycles. The molecular formula is C19H21NO2. The Hall–Kier alpha value is -2.55. The van der Waals surface area contributed by atoms with Crippen LogP contribution in [0, 0.1) is 0 Å². The van der Waals surface area contributed by atoms with Gasteiger partial charge in [0.1, 0.15) is 12.4 Å². The molecule has 0 bridgehead atoms. The van der Waals surface area contributed by atoms with Gasteiger partial charge in [-0.1, -0.05) is 56.0 Å². The van der Waals surface area contributed by atoms with Crippen LogP contribution in [0.4, 0.5) is 0 Å². The molecule has 0 spiro atoms. The highest BCUT2D eigenvalue weighted by molar-refractivity contribution is 5.97. The number of rotatable bonds is 7. The van der Waals surface area contributed by atoms with Crippen molar-refractivity contribution in [3.8, 4) is 5.75 Å². The Bertz CT molecular complexity index is 635. The first-order chi connectivity index (χ1) is 10.7. The zero-order chi connectivity index (χ0) is 15.8. The van der Waals surface area contributed by atoms with Crippen LogP contribution >= 0.6 is 0 Å². The van der Waals surface area contributed by atoms with Gasteiger partial charge in [-0.3, -0.25) is 4.79 Å². The average Bonchev–Trinajstić information content (AvgIpc) is 2.58. The van der Waals surface area contributed by atoms with E-state index in [9.17, 15) is 4.79 Å². The van der Waals surface area contributed by atoms with Crippen molar-refractivity contribution in [2.24, 2.45) is 0 Å². The summed E-state index contributed by atoms with van der Waals surface area (Å²) in [6.45, 7) is 6.86. The third-order valence-electron chi connectivity index (χ3n) is 3.26. The van der Waals surface area contributed by atoms with Crippen LogP contribution in [-0.4, -0.2) is 12.5 Å². The molecule has 1 N–H and O–H groups in total. The molecule has 0 unspecified atom stereocenters. The van der Waals surface area contributed by atoms with E-state index in [0.717, 1.165) is 17.5 Å². The first kappa shape index (κ1) is 15.8. The molecule has 0 saturated carbocycles. The number of hydrogen-bond donors (Lipinski definition) is 1. The lowest BCUT2D eigenvalue weighted by Crippen LogP contribution is -2.24. The van der Waals surface area contributed by atoms with E-state index in [-0.39, 0.29) is 5.91 Å². The molecule has 114 valence electrons. The largest absolute Gasteiger partial charge is 0.488 e. The molecule has 0 aromatic heterocycles. The molecule has 0 aliphatic heterocycles. The van der Waals surface area contributed by atoms with Gasteiger partial charge < -0.3 is 10.1 Å². The normalized spacial score (nSPS) is 10.0. The lowest BCUT2D eigenvalue weighted by molar-refractivity contribution is 0.0949. The second-order valence-corrected chi connectivity index (χ2v) is 4.99. The summed E-state index contributed by atoms with van der Waals surface area (Å²) in [7, 11) is 0. The fourth-order valence-corrected chi connectivity index (χ4v) is 2.04. The summed E-state index contributed by atoms with van der Waals surface area (Å²) in [6.07, 6.45) is 2.64. The van der Waals surface area contributed by atoms with Crippen LogP contribution in [0.15, 0.2) is 55.1 Å². The van der Waals surface area contributed by atoms with Gasteiger partial charge in [0.05, 0.1) is 5.56 Å². The fourth-order valence-electron chi connectivity index (χ4n) is 2.04. The molecule has 3 nitrogen and oxygen atoms in total. The van der Waals surface area contributed by atoms with Gasteiger partial charge in [-0.15, -0.1) is 0 Å². The Morgan fingerprint density at radius 2 is 2.00 bits per heavy atom. The number of carbonyl (C=O) groups is 1. The first-order valence-corrected chi connectivity index (χ1v) is 7.46. The van der Waals surface area contributed by atoms with E-state index in [1.165, 1.54) is 0 Å².